The van der Waals surface area contributed by atoms with Crippen LogP contribution in [0.25, 0.3) is 0 Å². The lowest BCUT2D eigenvalue weighted by atomic mass is 10.3. The molecule has 0 bridgehead atoms. The summed E-state index contributed by atoms with van der Waals surface area (Å²) in [5, 5.41) is 0. The van der Waals surface area contributed by atoms with Gasteiger partial charge in [-0.05, 0) is 18.2 Å². The van der Waals surface area contributed by atoms with Crippen LogP contribution in [0.5, 0.6) is 0 Å². The van der Waals surface area contributed by atoms with Gasteiger partial charge in [-0.1, -0.05) is 19.8 Å². The highest BCUT2D eigenvalue weighted by Gasteiger charge is 2.04. The first-order valence-electron chi connectivity index (χ1n) is 3.11. The van der Waals surface area contributed by atoms with Crippen LogP contribution in [0.2, 0.25) is 0 Å². The van der Waals surface area contributed by atoms with Crippen LogP contribution in [-0.2, 0) is 11.8 Å². The van der Waals surface area contributed by atoms with Crippen LogP contribution in [0.1, 0.15) is 26.2 Å². The second-order valence-corrected chi connectivity index (χ2v) is 5.63. The minimum atomic E-state index is -2.86. The SMILES string of the molecule is CCCCCP(O)(O)=S.Cl.Cl. The first-order valence-corrected chi connectivity index (χ1v) is 6.00. The predicted molar refractivity (Wildman–Crippen MR) is 57.6 cm³/mol. The maximum atomic E-state index is 8.73. The molecule has 6 heteroatoms. The minimum Gasteiger partial charge on any atom is -0.345 e. The van der Waals surface area contributed by atoms with Crippen molar-refractivity contribution >= 4 is 43.1 Å². The zero-order valence-corrected chi connectivity index (χ0v) is 9.74. The van der Waals surface area contributed by atoms with Gasteiger partial charge in [-0.25, -0.2) is 0 Å². The molecule has 0 radical (unpaired) electrons. The van der Waals surface area contributed by atoms with Gasteiger partial charge in [0.05, 0.1) is 0 Å². The third-order valence-corrected chi connectivity index (χ3v) is 2.50. The molecule has 0 rings (SSSR count). The third-order valence-electron chi connectivity index (χ3n) is 1.05. The molecule has 0 atom stereocenters. The quantitative estimate of drug-likeness (QED) is 0.586. The molecule has 0 saturated carbocycles. The lowest BCUT2D eigenvalue weighted by molar-refractivity contribution is 0.475. The molecule has 0 aromatic heterocycles. The Morgan fingerprint density at radius 1 is 1.18 bits per heavy atom. The summed E-state index contributed by atoms with van der Waals surface area (Å²) in [4.78, 5) is 17.5. The Morgan fingerprint density at radius 2 is 1.64 bits per heavy atom. The second kappa shape index (κ2) is 9.24. The summed E-state index contributed by atoms with van der Waals surface area (Å²) in [6.45, 7) is -0.794. The van der Waals surface area contributed by atoms with Gasteiger partial charge in [-0.3, -0.25) is 0 Å². The van der Waals surface area contributed by atoms with Gasteiger partial charge in [0, 0.05) is 6.16 Å². The number of halogens is 2. The molecule has 11 heavy (non-hydrogen) atoms. The molecule has 0 spiro atoms. The molecule has 0 fully saturated rings. The van der Waals surface area contributed by atoms with Crippen LogP contribution in [-0.4, -0.2) is 15.9 Å². The summed E-state index contributed by atoms with van der Waals surface area (Å²) in [7, 11) is 0. The highest BCUT2D eigenvalue weighted by Crippen LogP contribution is 2.35. The fourth-order valence-electron chi connectivity index (χ4n) is 0.568. The van der Waals surface area contributed by atoms with E-state index in [1.54, 1.807) is 0 Å². The third kappa shape index (κ3) is 18.3. The molecular weight excluding hydrogens is 226 g/mol. The molecule has 0 aliphatic heterocycles. The maximum absolute atomic E-state index is 8.73. The van der Waals surface area contributed by atoms with Crippen molar-refractivity contribution in [3.05, 3.63) is 0 Å². The molecule has 0 aromatic carbocycles. The summed E-state index contributed by atoms with van der Waals surface area (Å²) in [5.41, 5.74) is 0. The van der Waals surface area contributed by atoms with E-state index in [0.29, 0.717) is 6.16 Å². The zero-order chi connectivity index (χ0) is 7.33. The molecular formula is C5H15Cl2O2PS. The van der Waals surface area contributed by atoms with E-state index in [-0.39, 0.29) is 24.8 Å². The molecule has 0 aliphatic rings. The van der Waals surface area contributed by atoms with E-state index in [0.717, 1.165) is 19.3 Å². The molecule has 2 N–H and O–H groups in total. The largest absolute Gasteiger partial charge is 0.345 e. The molecule has 0 aromatic rings. The van der Waals surface area contributed by atoms with Gasteiger partial charge in [0.15, 0.2) is 6.49 Å². The number of unbranched alkanes of at least 4 members (excludes halogenated alkanes) is 2. The second-order valence-electron chi connectivity index (χ2n) is 2.10. The van der Waals surface area contributed by atoms with Crippen molar-refractivity contribution in [3.8, 4) is 0 Å². The highest BCUT2D eigenvalue weighted by molar-refractivity contribution is 8.09. The van der Waals surface area contributed by atoms with Gasteiger partial charge in [0.25, 0.3) is 0 Å². The number of hydrogen-bond donors (Lipinski definition) is 2. The van der Waals surface area contributed by atoms with E-state index in [1.807, 2.05) is 0 Å². The van der Waals surface area contributed by atoms with Crippen LogP contribution >= 0.6 is 31.3 Å². The van der Waals surface area contributed by atoms with Crippen LogP contribution in [0.4, 0.5) is 0 Å². The fourth-order valence-corrected chi connectivity index (χ4v) is 1.59. The molecule has 0 heterocycles. The minimum absolute atomic E-state index is 0. The Hall–Kier alpha value is 1.15. The van der Waals surface area contributed by atoms with Crippen molar-refractivity contribution in [1.82, 2.24) is 0 Å². The highest BCUT2D eigenvalue weighted by atomic mass is 35.5. The first-order chi connectivity index (χ1) is 4.06. The van der Waals surface area contributed by atoms with Crippen molar-refractivity contribution in [2.24, 2.45) is 0 Å². The Balaban J connectivity index is -0.000000320. The van der Waals surface area contributed by atoms with Crippen LogP contribution < -0.4 is 0 Å². The monoisotopic (exact) mass is 240 g/mol. The van der Waals surface area contributed by atoms with Crippen molar-refractivity contribution in [2.75, 3.05) is 6.16 Å². The summed E-state index contributed by atoms with van der Waals surface area (Å²) in [6.07, 6.45) is 3.39. The normalized spacial score (nSPS) is 9.73. The lowest BCUT2D eigenvalue weighted by Gasteiger charge is -2.04. The van der Waals surface area contributed by atoms with Gasteiger partial charge in [-0.15, -0.1) is 24.8 Å². The molecule has 0 unspecified atom stereocenters. The fraction of sp³-hybridized carbons (Fsp3) is 1.00. The molecule has 72 valence electrons. The molecule has 0 amide bonds. The van der Waals surface area contributed by atoms with E-state index < -0.39 is 6.49 Å². The molecule has 2 nitrogen and oxygen atoms in total. The van der Waals surface area contributed by atoms with Crippen molar-refractivity contribution in [3.63, 3.8) is 0 Å². The van der Waals surface area contributed by atoms with E-state index >= 15 is 0 Å². The Kier molecular flexibility index (Phi) is 15.2. The van der Waals surface area contributed by atoms with Crippen molar-refractivity contribution in [1.29, 1.82) is 0 Å². The Bertz CT molecular complexity index is 117. The number of rotatable bonds is 4. The average Bonchev–Trinajstić information content (AvgIpc) is 1.63. The maximum Gasteiger partial charge on any atom is 0.183 e. The summed E-state index contributed by atoms with van der Waals surface area (Å²) in [5.74, 6) is 0. The summed E-state index contributed by atoms with van der Waals surface area (Å²) < 4.78 is 0. The van der Waals surface area contributed by atoms with E-state index in [1.165, 1.54) is 0 Å². The Morgan fingerprint density at radius 3 is 1.91 bits per heavy atom. The van der Waals surface area contributed by atoms with Gasteiger partial charge >= 0.3 is 0 Å². The zero-order valence-electron chi connectivity index (χ0n) is 6.39. The molecule has 0 aliphatic carbocycles. The van der Waals surface area contributed by atoms with E-state index in [9.17, 15) is 0 Å². The average molecular weight is 241 g/mol. The van der Waals surface area contributed by atoms with Crippen LogP contribution in [0, 0.1) is 0 Å². The van der Waals surface area contributed by atoms with Crippen molar-refractivity contribution in [2.45, 2.75) is 26.2 Å². The number of hydrogen-bond acceptors (Lipinski definition) is 1. The lowest BCUT2D eigenvalue weighted by Crippen LogP contribution is -1.86. The van der Waals surface area contributed by atoms with Gasteiger partial charge in [0.1, 0.15) is 0 Å². The van der Waals surface area contributed by atoms with E-state index in [4.69, 9.17) is 9.79 Å². The van der Waals surface area contributed by atoms with Gasteiger partial charge in [0.2, 0.25) is 0 Å². The van der Waals surface area contributed by atoms with Gasteiger partial charge < -0.3 is 9.79 Å². The Labute approximate surface area is 85.4 Å². The topological polar surface area (TPSA) is 40.5 Å². The smallest absolute Gasteiger partial charge is 0.183 e. The van der Waals surface area contributed by atoms with E-state index in [2.05, 4.69) is 18.7 Å². The molecule has 0 saturated heterocycles. The summed E-state index contributed by atoms with van der Waals surface area (Å²) in [6, 6.07) is 0. The predicted octanol–water partition coefficient (Wildman–Crippen LogP) is 2.31. The van der Waals surface area contributed by atoms with Crippen LogP contribution in [0.15, 0.2) is 0 Å². The first kappa shape index (κ1) is 18.0. The van der Waals surface area contributed by atoms with Gasteiger partial charge in [-0.2, -0.15) is 0 Å². The van der Waals surface area contributed by atoms with Crippen molar-refractivity contribution < 1.29 is 9.79 Å². The van der Waals surface area contributed by atoms with Crippen LogP contribution in [0.3, 0.4) is 0 Å². The summed E-state index contributed by atoms with van der Waals surface area (Å²) >= 11 is 4.42. The standard InChI is InChI=1S/C5H13O2PS.2ClH/c1-2-3-4-5-8(6,7)9;;/h2-5H2,1H3,(H2,6,7,9);2*1H.